The van der Waals surface area contributed by atoms with Crippen LogP contribution in [0.4, 0.5) is 10.2 Å². The van der Waals surface area contributed by atoms with Crippen LogP contribution in [0.25, 0.3) is 10.9 Å². The molecule has 33 heavy (non-hydrogen) atoms. The molecule has 0 bridgehead atoms. The highest BCUT2D eigenvalue weighted by atomic mass is 35.5. The lowest BCUT2D eigenvalue weighted by Crippen LogP contribution is -2.38. The molecule has 3 aromatic rings. The molecule has 1 fully saturated rings. The second-order valence-electron chi connectivity index (χ2n) is 7.96. The highest BCUT2D eigenvalue weighted by Crippen LogP contribution is 2.35. The normalized spacial score (nSPS) is 14.9. The molecule has 1 saturated heterocycles. The van der Waals surface area contributed by atoms with E-state index in [1.165, 1.54) is 6.07 Å². The molecule has 0 aliphatic carbocycles. The van der Waals surface area contributed by atoms with Crippen molar-refractivity contribution in [2.75, 3.05) is 39.2 Å². The van der Waals surface area contributed by atoms with Gasteiger partial charge in [-0.15, -0.1) is 0 Å². The van der Waals surface area contributed by atoms with Crippen LogP contribution in [0.1, 0.15) is 25.3 Å². The van der Waals surface area contributed by atoms with Gasteiger partial charge in [0.1, 0.15) is 5.82 Å². The molecule has 1 aliphatic rings. The predicted molar refractivity (Wildman–Crippen MR) is 127 cm³/mol. The Bertz CT molecular complexity index is 1120. The van der Waals surface area contributed by atoms with Crippen LogP contribution in [-0.2, 0) is 6.54 Å². The average Bonchev–Trinajstić information content (AvgIpc) is 2.81. The third-order valence-electron chi connectivity index (χ3n) is 5.80. The quantitative estimate of drug-likeness (QED) is 0.465. The molecule has 0 radical (unpaired) electrons. The SMILES string of the molecule is CCOc1cc(CN2CCC(Nc3nc(Cl)nc4cc(OC)c(OC)cc34)CC2)ccc1F. The van der Waals surface area contributed by atoms with Crippen LogP contribution in [0.15, 0.2) is 30.3 Å². The van der Waals surface area contributed by atoms with Gasteiger partial charge in [0.25, 0.3) is 0 Å². The summed E-state index contributed by atoms with van der Waals surface area (Å²) in [5, 5.41) is 4.55. The minimum atomic E-state index is -0.325. The zero-order chi connectivity index (χ0) is 23.4. The number of ether oxygens (including phenoxy) is 3. The fraction of sp³-hybridized carbons (Fsp3) is 0.417. The summed E-state index contributed by atoms with van der Waals surface area (Å²) in [4.78, 5) is 11.1. The van der Waals surface area contributed by atoms with Gasteiger partial charge >= 0.3 is 0 Å². The van der Waals surface area contributed by atoms with Gasteiger partial charge in [-0.3, -0.25) is 4.90 Å². The summed E-state index contributed by atoms with van der Waals surface area (Å²) in [6.45, 7) is 4.87. The molecule has 0 atom stereocenters. The molecule has 0 amide bonds. The smallest absolute Gasteiger partial charge is 0.224 e. The lowest BCUT2D eigenvalue weighted by atomic mass is 10.0. The summed E-state index contributed by atoms with van der Waals surface area (Å²) in [7, 11) is 3.19. The highest BCUT2D eigenvalue weighted by molar-refractivity contribution is 6.28. The Kier molecular flexibility index (Phi) is 7.35. The van der Waals surface area contributed by atoms with E-state index < -0.39 is 0 Å². The lowest BCUT2D eigenvalue weighted by Gasteiger charge is -2.33. The number of likely N-dealkylation sites (tertiary alicyclic amines) is 1. The zero-order valence-electron chi connectivity index (χ0n) is 19.0. The number of benzene rings is 2. The summed E-state index contributed by atoms with van der Waals surface area (Å²) < 4.78 is 30.0. The van der Waals surface area contributed by atoms with E-state index in [2.05, 4.69) is 20.2 Å². The number of anilines is 1. The summed E-state index contributed by atoms with van der Waals surface area (Å²) in [5.41, 5.74) is 1.73. The summed E-state index contributed by atoms with van der Waals surface area (Å²) >= 11 is 6.19. The first-order chi connectivity index (χ1) is 16.0. The minimum Gasteiger partial charge on any atom is -0.493 e. The first-order valence-electron chi connectivity index (χ1n) is 11.0. The third-order valence-corrected chi connectivity index (χ3v) is 5.97. The molecule has 4 rings (SSSR count). The van der Waals surface area contributed by atoms with Gasteiger partial charge in [0.15, 0.2) is 23.1 Å². The Morgan fingerprint density at radius 1 is 1.06 bits per heavy atom. The van der Waals surface area contributed by atoms with Gasteiger partial charge in [0.2, 0.25) is 5.28 Å². The van der Waals surface area contributed by atoms with Crippen molar-refractivity contribution in [2.24, 2.45) is 0 Å². The molecule has 0 spiro atoms. The second kappa shape index (κ2) is 10.4. The van der Waals surface area contributed by atoms with Crippen molar-refractivity contribution in [3.63, 3.8) is 0 Å². The van der Waals surface area contributed by atoms with E-state index >= 15 is 0 Å². The van der Waals surface area contributed by atoms with Gasteiger partial charge in [-0.2, -0.15) is 0 Å². The molecule has 1 N–H and O–H groups in total. The molecule has 176 valence electrons. The van der Waals surface area contributed by atoms with E-state index in [0.29, 0.717) is 35.2 Å². The van der Waals surface area contributed by atoms with Crippen LogP contribution >= 0.6 is 11.6 Å². The van der Waals surface area contributed by atoms with Crippen molar-refractivity contribution in [3.8, 4) is 17.2 Å². The molecule has 0 saturated carbocycles. The largest absolute Gasteiger partial charge is 0.493 e. The van der Waals surface area contributed by atoms with Gasteiger partial charge in [0, 0.05) is 37.1 Å². The second-order valence-corrected chi connectivity index (χ2v) is 8.30. The topological polar surface area (TPSA) is 68.7 Å². The number of rotatable bonds is 8. The molecule has 2 heterocycles. The Morgan fingerprint density at radius 3 is 2.48 bits per heavy atom. The minimum absolute atomic E-state index is 0.177. The highest BCUT2D eigenvalue weighted by Gasteiger charge is 2.22. The Hall–Kier alpha value is -2.84. The van der Waals surface area contributed by atoms with Gasteiger partial charge in [-0.05, 0) is 55.1 Å². The molecule has 2 aromatic carbocycles. The molecule has 1 aliphatic heterocycles. The number of fused-ring (bicyclic) bond motifs is 1. The summed E-state index contributed by atoms with van der Waals surface area (Å²) in [5.74, 6) is 1.87. The van der Waals surface area contributed by atoms with Crippen LogP contribution in [0.3, 0.4) is 0 Å². The van der Waals surface area contributed by atoms with E-state index in [4.69, 9.17) is 25.8 Å². The molecule has 0 unspecified atom stereocenters. The van der Waals surface area contributed by atoms with Crippen LogP contribution in [0.5, 0.6) is 17.2 Å². The van der Waals surface area contributed by atoms with Crippen molar-refractivity contribution in [1.82, 2.24) is 14.9 Å². The maximum atomic E-state index is 13.8. The van der Waals surface area contributed by atoms with Crippen molar-refractivity contribution < 1.29 is 18.6 Å². The Morgan fingerprint density at radius 2 is 1.79 bits per heavy atom. The van der Waals surface area contributed by atoms with Crippen molar-refractivity contribution >= 4 is 28.3 Å². The first kappa shape index (κ1) is 23.3. The number of nitrogens with one attached hydrogen (secondary N) is 1. The van der Waals surface area contributed by atoms with Crippen molar-refractivity contribution in [1.29, 1.82) is 0 Å². The number of piperidine rings is 1. The third kappa shape index (κ3) is 5.39. The van der Waals surface area contributed by atoms with Crippen LogP contribution in [0, 0.1) is 5.82 Å². The molecule has 7 nitrogen and oxygen atoms in total. The van der Waals surface area contributed by atoms with E-state index in [1.807, 2.05) is 19.1 Å². The van der Waals surface area contributed by atoms with Crippen LogP contribution < -0.4 is 19.5 Å². The van der Waals surface area contributed by atoms with Gasteiger partial charge in [-0.25, -0.2) is 14.4 Å². The zero-order valence-corrected chi connectivity index (χ0v) is 19.8. The van der Waals surface area contributed by atoms with E-state index in [-0.39, 0.29) is 17.1 Å². The lowest BCUT2D eigenvalue weighted by molar-refractivity contribution is 0.210. The number of halogens is 2. The maximum Gasteiger partial charge on any atom is 0.224 e. The van der Waals surface area contributed by atoms with E-state index in [9.17, 15) is 4.39 Å². The molecule has 1 aromatic heterocycles. The van der Waals surface area contributed by atoms with Gasteiger partial charge in [-0.1, -0.05) is 6.07 Å². The van der Waals surface area contributed by atoms with Gasteiger partial charge < -0.3 is 19.5 Å². The number of hydrogen-bond acceptors (Lipinski definition) is 7. The molecular formula is C24H28ClFN4O3. The maximum absolute atomic E-state index is 13.8. The standard InChI is InChI=1S/C24H28ClFN4O3/c1-4-33-20-11-15(5-6-18(20)26)14-30-9-7-16(8-10-30)27-23-17-12-21(31-2)22(32-3)13-19(17)28-24(25)29-23/h5-6,11-13,16H,4,7-10,14H2,1-3H3,(H,27,28,29). The summed E-state index contributed by atoms with van der Waals surface area (Å²) in [6.07, 6.45) is 1.88. The summed E-state index contributed by atoms with van der Waals surface area (Å²) in [6, 6.07) is 9.00. The van der Waals surface area contributed by atoms with E-state index in [0.717, 1.165) is 43.4 Å². The number of aromatic nitrogens is 2. The monoisotopic (exact) mass is 474 g/mol. The van der Waals surface area contributed by atoms with Gasteiger partial charge in [0.05, 0.1) is 26.3 Å². The fourth-order valence-corrected chi connectivity index (χ4v) is 4.31. The Labute approximate surface area is 197 Å². The predicted octanol–water partition coefficient (Wildman–Crippen LogP) is 4.91. The van der Waals surface area contributed by atoms with Crippen molar-refractivity contribution in [3.05, 3.63) is 47.0 Å². The fourth-order valence-electron chi connectivity index (χ4n) is 4.14. The Balaban J connectivity index is 1.43. The molecular weight excluding hydrogens is 447 g/mol. The van der Waals surface area contributed by atoms with E-state index in [1.54, 1.807) is 26.4 Å². The van der Waals surface area contributed by atoms with Crippen LogP contribution in [-0.4, -0.2) is 54.8 Å². The van der Waals surface area contributed by atoms with Crippen molar-refractivity contribution in [2.45, 2.75) is 32.4 Å². The molecule has 9 heteroatoms. The number of hydrogen-bond donors (Lipinski definition) is 1. The average molecular weight is 475 g/mol. The first-order valence-corrected chi connectivity index (χ1v) is 11.4. The number of nitrogens with zero attached hydrogens (tertiary/aromatic N) is 3. The number of methoxy groups -OCH3 is 2. The van der Waals surface area contributed by atoms with Crippen LogP contribution in [0.2, 0.25) is 5.28 Å².